The average Bonchev–Trinajstić information content (AvgIpc) is 3.04. The maximum atomic E-state index is 11.3. The van der Waals surface area contributed by atoms with Crippen molar-refractivity contribution in [1.29, 1.82) is 0 Å². The van der Waals surface area contributed by atoms with E-state index in [-0.39, 0.29) is 17.8 Å². The van der Waals surface area contributed by atoms with Crippen molar-refractivity contribution < 1.29 is 19.4 Å². The van der Waals surface area contributed by atoms with E-state index in [0.717, 1.165) is 24.6 Å². The zero-order chi connectivity index (χ0) is 14.8. The number of rotatable bonds is 5. The molecule has 1 heterocycles. The first kappa shape index (κ1) is 14.1. The lowest BCUT2D eigenvalue weighted by atomic mass is 10.1. The molecular formula is C16H19NO4. The van der Waals surface area contributed by atoms with Gasteiger partial charge in [0.2, 0.25) is 5.76 Å². The van der Waals surface area contributed by atoms with Gasteiger partial charge in [0, 0.05) is 24.0 Å². The molecular weight excluding hydrogens is 270 g/mol. The number of para-hydroxylation sites is 1. The minimum Gasteiger partial charge on any atom is -0.475 e. The van der Waals surface area contributed by atoms with E-state index in [1.54, 1.807) is 6.07 Å². The molecule has 1 aromatic carbocycles. The van der Waals surface area contributed by atoms with Crippen molar-refractivity contribution in [2.45, 2.75) is 31.9 Å². The number of benzene rings is 1. The van der Waals surface area contributed by atoms with E-state index in [2.05, 4.69) is 5.32 Å². The van der Waals surface area contributed by atoms with Crippen molar-refractivity contribution in [3.05, 3.63) is 35.6 Å². The Morgan fingerprint density at radius 3 is 2.86 bits per heavy atom. The third kappa shape index (κ3) is 2.80. The molecule has 1 saturated carbocycles. The number of hydrogen-bond acceptors (Lipinski definition) is 4. The van der Waals surface area contributed by atoms with Gasteiger partial charge < -0.3 is 19.9 Å². The number of nitrogens with one attached hydrogen (secondary N) is 1. The molecule has 0 radical (unpaired) electrons. The Balaban J connectivity index is 1.76. The molecule has 0 amide bonds. The summed E-state index contributed by atoms with van der Waals surface area (Å²) in [4.78, 5) is 11.3. The van der Waals surface area contributed by atoms with Crippen LogP contribution in [0.4, 0.5) is 0 Å². The molecule has 21 heavy (non-hydrogen) atoms. The van der Waals surface area contributed by atoms with Gasteiger partial charge in [-0.3, -0.25) is 0 Å². The van der Waals surface area contributed by atoms with Crippen LogP contribution in [0.3, 0.4) is 0 Å². The maximum Gasteiger partial charge on any atom is 0.372 e. The summed E-state index contributed by atoms with van der Waals surface area (Å²) in [5, 5.41) is 23.2. The molecule has 1 aliphatic carbocycles. The molecule has 2 aromatic rings. The number of furan rings is 1. The van der Waals surface area contributed by atoms with Crippen LogP contribution < -0.4 is 5.32 Å². The van der Waals surface area contributed by atoms with Gasteiger partial charge in [0.25, 0.3) is 0 Å². The Morgan fingerprint density at radius 2 is 2.14 bits per heavy atom. The fourth-order valence-corrected chi connectivity index (χ4v) is 3.08. The van der Waals surface area contributed by atoms with E-state index < -0.39 is 5.97 Å². The molecule has 2 unspecified atom stereocenters. The lowest BCUT2D eigenvalue weighted by molar-refractivity contribution is 0.0663. The molecule has 3 N–H and O–H groups in total. The van der Waals surface area contributed by atoms with E-state index >= 15 is 0 Å². The van der Waals surface area contributed by atoms with Crippen molar-refractivity contribution >= 4 is 16.9 Å². The predicted octanol–water partition coefficient (Wildman–Crippen LogP) is 2.38. The van der Waals surface area contributed by atoms with E-state index in [9.17, 15) is 15.0 Å². The van der Waals surface area contributed by atoms with Gasteiger partial charge in [-0.05, 0) is 24.8 Å². The first-order valence-electron chi connectivity index (χ1n) is 7.29. The van der Waals surface area contributed by atoms with Gasteiger partial charge in [-0.25, -0.2) is 4.79 Å². The Morgan fingerprint density at radius 1 is 1.33 bits per heavy atom. The zero-order valence-electron chi connectivity index (χ0n) is 11.7. The monoisotopic (exact) mass is 289 g/mol. The molecule has 5 nitrogen and oxygen atoms in total. The third-order valence-corrected chi connectivity index (χ3v) is 4.22. The second kappa shape index (κ2) is 5.87. The number of hydrogen-bond donors (Lipinski definition) is 3. The number of carbonyl (C=O) groups is 1. The highest BCUT2D eigenvalue weighted by Crippen LogP contribution is 2.27. The van der Waals surface area contributed by atoms with Crippen molar-refractivity contribution in [2.24, 2.45) is 5.92 Å². The average molecular weight is 289 g/mol. The summed E-state index contributed by atoms with van der Waals surface area (Å²) in [6.45, 7) is 1.13. The van der Waals surface area contributed by atoms with E-state index in [0.29, 0.717) is 24.2 Å². The highest BCUT2D eigenvalue weighted by Gasteiger charge is 2.25. The van der Waals surface area contributed by atoms with Crippen LogP contribution >= 0.6 is 0 Å². The van der Waals surface area contributed by atoms with Gasteiger partial charge >= 0.3 is 5.97 Å². The van der Waals surface area contributed by atoms with Crippen LogP contribution in [-0.4, -0.2) is 28.8 Å². The minimum absolute atomic E-state index is 0.00401. The minimum atomic E-state index is -1.05. The smallest absolute Gasteiger partial charge is 0.372 e. The molecule has 0 saturated heterocycles. The van der Waals surface area contributed by atoms with Crippen LogP contribution in [0.1, 0.15) is 35.4 Å². The summed E-state index contributed by atoms with van der Waals surface area (Å²) in [5.74, 6) is -0.795. The molecule has 5 heteroatoms. The van der Waals surface area contributed by atoms with Crippen LogP contribution in [0.15, 0.2) is 28.7 Å². The highest BCUT2D eigenvalue weighted by atomic mass is 16.4. The molecule has 0 aliphatic heterocycles. The van der Waals surface area contributed by atoms with Crippen molar-refractivity contribution in [2.75, 3.05) is 6.54 Å². The van der Waals surface area contributed by atoms with Gasteiger partial charge in [-0.1, -0.05) is 24.6 Å². The Kier molecular flexibility index (Phi) is 3.94. The lowest BCUT2D eigenvalue weighted by Crippen LogP contribution is -2.27. The van der Waals surface area contributed by atoms with Gasteiger partial charge in [-0.15, -0.1) is 0 Å². The highest BCUT2D eigenvalue weighted by molar-refractivity contribution is 5.95. The van der Waals surface area contributed by atoms with Crippen LogP contribution in [0.2, 0.25) is 0 Å². The standard InChI is InChI=1S/C16H19NO4/c18-13-6-3-4-10(13)8-17-9-12-11-5-1-2-7-14(11)21-15(12)16(19)20/h1-2,5,7,10,13,17-18H,3-4,6,8-9H2,(H,19,20). The van der Waals surface area contributed by atoms with Crippen molar-refractivity contribution in [3.8, 4) is 0 Å². The molecule has 0 bridgehead atoms. The molecule has 2 atom stereocenters. The largest absolute Gasteiger partial charge is 0.475 e. The number of carboxylic acid groups (broad SMARTS) is 1. The van der Waals surface area contributed by atoms with Crippen molar-refractivity contribution in [3.63, 3.8) is 0 Å². The molecule has 0 spiro atoms. The molecule has 112 valence electrons. The first-order valence-corrected chi connectivity index (χ1v) is 7.29. The Hall–Kier alpha value is -1.85. The summed E-state index contributed by atoms with van der Waals surface area (Å²) in [6, 6.07) is 7.33. The van der Waals surface area contributed by atoms with Crippen LogP contribution in [0.25, 0.3) is 11.0 Å². The molecule has 1 fully saturated rings. The van der Waals surface area contributed by atoms with E-state index in [1.165, 1.54) is 0 Å². The van der Waals surface area contributed by atoms with Crippen LogP contribution in [0.5, 0.6) is 0 Å². The number of fused-ring (bicyclic) bond motifs is 1. The fourth-order valence-electron chi connectivity index (χ4n) is 3.08. The number of aliphatic hydroxyl groups excluding tert-OH is 1. The Labute approximate surface area is 122 Å². The first-order chi connectivity index (χ1) is 10.2. The second-order valence-corrected chi connectivity index (χ2v) is 5.60. The lowest BCUT2D eigenvalue weighted by Gasteiger charge is -2.14. The molecule has 3 rings (SSSR count). The number of carboxylic acids is 1. The summed E-state index contributed by atoms with van der Waals surface area (Å²) < 4.78 is 5.42. The topological polar surface area (TPSA) is 82.7 Å². The van der Waals surface area contributed by atoms with Gasteiger partial charge in [0.05, 0.1) is 6.10 Å². The second-order valence-electron chi connectivity index (χ2n) is 5.60. The summed E-state index contributed by atoms with van der Waals surface area (Å²) in [7, 11) is 0. The zero-order valence-corrected chi connectivity index (χ0v) is 11.7. The van der Waals surface area contributed by atoms with Crippen LogP contribution in [-0.2, 0) is 6.54 Å². The quantitative estimate of drug-likeness (QED) is 0.787. The third-order valence-electron chi connectivity index (χ3n) is 4.22. The normalized spacial score (nSPS) is 22.0. The predicted molar refractivity (Wildman–Crippen MR) is 78.2 cm³/mol. The van der Waals surface area contributed by atoms with Gasteiger partial charge in [0.15, 0.2) is 0 Å². The maximum absolute atomic E-state index is 11.3. The molecule has 1 aliphatic rings. The SMILES string of the molecule is O=C(O)c1oc2ccccc2c1CNCC1CCCC1O. The number of aliphatic hydroxyl groups is 1. The van der Waals surface area contributed by atoms with E-state index in [1.807, 2.05) is 18.2 Å². The number of aromatic carboxylic acids is 1. The van der Waals surface area contributed by atoms with Crippen molar-refractivity contribution in [1.82, 2.24) is 5.32 Å². The van der Waals surface area contributed by atoms with Gasteiger partial charge in [-0.2, -0.15) is 0 Å². The fraction of sp³-hybridized carbons (Fsp3) is 0.438. The summed E-state index contributed by atoms with van der Waals surface area (Å²) in [6.07, 6.45) is 2.70. The van der Waals surface area contributed by atoms with Gasteiger partial charge in [0.1, 0.15) is 5.58 Å². The Bertz CT molecular complexity index is 649. The van der Waals surface area contributed by atoms with E-state index in [4.69, 9.17) is 4.42 Å². The molecule has 1 aromatic heterocycles. The summed E-state index contributed by atoms with van der Waals surface area (Å²) >= 11 is 0. The van der Waals surface area contributed by atoms with Crippen LogP contribution in [0, 0.1) is 5.92 Å². The summed E-state index contributed by atoms with van der Waals surface area (Å²) in [5.41, 5.74) is 1.26.